The molecule has 3 aromatic carbocycles. The van der Waals surface area contributed by atoms with Gasteiger partial charge in [0.05, 0.1) is 13.7 Å². The molecule has 0 fully saturated rings. The van der Waals surface area contributed by atoms with Crippen molar-refractivity contribution in [3.63, 3.8) is 0 Å². The molecule has 0 spiro atoms. The third-order valence-corrected chi connectivity index (χ3v) is 9.68. The molecule has 6 heteroatoms. The number of pyridine rings is 2. The molecule has 0 unspecified atom stereocenters. The van der Waals surface area contributed by atoms with Crippen molar-refractivity contribution in [2.75, 3.05) is 0 Å². The van der Waals surface area contributed by atoms with Crippen molar-refractivity contribution < 1.29 is 28.9 Å². The maximum atomic E-state index is 14.2. The summed E-state index contributed by atoms with van der Waals surface area (Å²) in [4.78, 5) is 9.16. The molecule has 0 N–H and O–H groups in total. The Hall–Kier alpha value is -3.44. The Morgan fingerprint density at radius 2 is 1.67 bits per heavy atom. The number of hydrogen-bond acceptors (Lipinski definition) is 3. The molecular weight excluding hydrogens is 752 g/mol. The van der Waals surface area contributed by atoms with Crippen LogP contribution >= 0.6 is 0 Å². The number of halogens is 1. The van der Waals surface area contributed by atoms with Crippen LogP contribution in [-0.4, -0.2) is 18.0 Å². The van der Waals surface area contributed by atoms with Crippen LogP contribution in [0.4, 0.5) is 4.39 Å². The van der Waals surface area contributed by atoms with E-state index in [9.17, 15) is 4.39 Å². The summed E-state index contributed by atoms with van der Waals surface area (Å²) in [5.74, 6) is 0.131. The number of nitrogens with zero attached hydrogens (tertiary/aromatic N) is 2. The predicted molar refractivity (Wildman–Crippen MR) is 184 cm³/mol. The predicted octanol–water partition coefficient (Wildman–Crippen LogP) is 10.4. The maximum Gasteiger partial charge on any atom is 0.133 e. The van der Waals surface area contributed by atoms with E-state index < -0.39 is 8.07 Å². The van der Waals surface area contributed by atoms with Gasteiger partial charge in [-0.05, 0) is 52.5 Å². The second-order valence-corrected chi connectivity index (χ2v) is 19.0. The van der Waals surface area contributed by atoms with Crippen molar-refractivity contribution in [3.8, 4) is 22.5 Å². The second-order valence-electron chi connectivity index (χ2n) is 13.9. The van der Waals surface area contributed by atoms with Crippen molar-refractivity contribution in [2.24, 2.45) is 5.41 Å². The zero-order valence-corrected chi connectivity index (χ0v) is 30.8. The molecule has 0 saturated heterocycles. The molecule has 0 atom stereocenters. The Morgan fingerprint density at radius 1 is 0.889 bits per heavy atom. The van der Waals surface area contributed by atoms with Gasteiger partial charge < -0.3 is 14.4 Å². The summed E-state index contributed by atoms with van der Waals surface area (Å²) in [6, 6.07) is 29.4. The fourth-order valence-corrected chi connectivity index (χ4v) is 7.05. The van der Waals surface area contributed by atoms with Crippen LogP contribution in [0.25, 0.3) is 44.5 Å². The van der Waals surface area contributed by atoms with Crippen LogP contribution in [0.3, 0.4) is 0 Å². The van der Waals surface area contributed by atoms with Crippen LogP contribution in [-0.2, 0) is 26.5 Å². The molecule has 6 rings (SSSR count). The average molecular weight is 793 g/mol. The molecule has 3 nitrogen and oxygen atoms in total. The topological polar surface area (TPSA) is 38.9 Å². The van der Waals surface area contributed by atoms with Crippen molar-refractivity contribution >= 4 is 35.2 Å². The summed E-state index contributed by atoms with van der Waals surface area (Å²) in [6.45, 7) is 18.4. The van der Waals surface area contributed by atoms with Gasteiger partial charge in [0.25, 0.3) is 0 Å². The first kappa shape index (κ1) is 34.4. The Balaban J connectivity index is 0.000000201. The molecule has 6 aromatic rings. The molecule has 0 aliphatic carbocycles. The first-order valence-corrected chi connectivity index (χ1v) is 18.8. The molecule has 0 aliphatic rings. The summed E-state index contributed by atoms with van der Waals surface area (Å²) in [7, 11) is -1.37. The molecule has 0 saturated carbocycles. The van der Waals surface area contributed by atoms with E-state index in [1.165, 1.54) is 22.4 Å². The van der Waals surface area contributed by atoms with E-state index in [1.54, 1.807) is 24.4 Å². The van der Waals surface area contributed by atoms with Crippen LogP contribution in [0.1, 0.15) is 51.7 Å². The van der Waals surface area contributed by atoms with Gasteiger partial charge in [-0.25, -0.2) is 4.39 Å². The molecule has 1 radical (unpaired) electrons. The standard InChI is InChI=1S/C20H15FNO.C19H26NSi.Ir/c1-12(2)13-9-10-22-17(11-13)14-5-3-6-15-19-16(21)7-4-8-18(19)23-20(14)15;1-19(2,3)13-16-12-17(15-10-8-7-9-11-15)20-14-18(16)21(4,5)6;/h3-4,6-12H,1-2H3;7-10,12,14H,13H2,1-6H3;/q2*-1;. The molecule has 3 aromatic heterocycles. The van der Waals surface area contributed by atoms with E-state index in [4.69, 9.17) is 9.40 Å². The van der Waals surface area contributed by atoms with Crippen LogP contribution in [0, 0.1) is 23.4 Å². The van der Waals surface area contributed by atoms with Crippen molar-refractivity contribution in [3.05, 3.63) is 114 Å². The van der Waals surface area contributed by atoms with Gasteiger partial charge in [-0.3, -0.25) is 0 Å². The molecule has 235 valence electrons. The van der Waals surface area contributed by atoms with E-state index in [-0.39, 0.29) is 31.3 Å². The summed E-state index contributed by atoms with van der Waals surface area (Å²) in [6.07, 6.45) is 5.00. The van der Waals surface area contributed by atoms with Crippen LogP contribution < -0.4 is 5.19 Å². The quantitative estimate of drug-likeness (QED) is 0.129. The number of aromatic nitrogens is 2. The molecular formula is C39H41FIrN2OSi-2. The zero-order chi connectivity index (χ0) is 31.6. The summed E-state index contributed by atoms with van der Waals surface area (Å²) < 4.78 is 20.1. The minimum atomic E-state index is -1.37. The van der Waals surface area contributed by atoms with E-state index in [0.717, 1.165) is 34.3 Å². The smallest absolute Gasteiger partial charge is 0.133 e. The van der Waals surface area contributed by atoms with Gasteiger partial charge in [0.15, 0.2) is 0 Å². The molecule has 0 aliphatic heterocycles. The largest absolute Gasteiger partial charge is 0.500 e. The van der Waals surface area contributed by atoms with Gasteiger partial charge in [-0.2, -0.15) is 0 Å². The third kappa shape index (κ3) is 8.05. The second kappa shape index (κ2) is 13.9. The maximum absolute atomic E-state index is 14.2. The summed E-state index contributed by atoms with van der Waals surface area (Å²) in [5, 5.41) is 2.75. The van der Waals surface area contributed by atoms with Crippen LogP contribution in [0.15, 0.2) is 89.6 Å². The van der Waals surface area contributed by atoms with E-state index in [2.05, 4.69) is 89.7 Å². The van der Waals surface area contributed by atoms with Gasteiger partial charge in [-0.1, -0.05) is 94.5 Å². The van der Waals surface area contributed by atoms with Crippen molar-refractivity contribution in [1.82, 2.24) is 9.97 Å². The summed E-state index contributed by atoms with van der Waals surface area (Å²) >= 11 is 0. The van der Waals surface area contributed by atoms with E-state index in [1.807, 2.05) is 36.4 Å². The summed E-state index contributed by atoms with van der Waals surface area (Å²) in [5.41, 5.74) is 7.79. The first-order valence-electron chi connectivity index (χ1n) is 15.3. The normalized spacial score (nSPS) is 11.8. The Kier molecular flexibility index (Phi) is 10.6. The van der Waals surface area contributed by atoms with Gasteiger partial charge in [0.2, 0.25) is 0 Å². The average Bonchev–Trinajstić information content (AvgIpc) is 3.37. The Labute approximate surface area is 281 Å². The third-order valence-electron chi connectivity index (χ3n) is 7.62. The fraction of sp³-hybridized carbons (Fsp3) is 0.282. The number of rotatable bonds is 5. The molecule has 0 amide bonds. The molecule has 45 heavy (non-hydrogen) atoms. The fourth-order valence-electron chi connectivity index (χ4n) is 5.47. The number of furan rings is 1. The van der Waals surface area contributed by atoms with Crippen LogP contribution in [0.2, 0.25) is 19.6 Å². The van der Waals surface area contributed by atoms with Gasteiger partial charge in [0, 0.05) is 37.9 Å². The molecule has 0 bridgehead atoms. The monoisotopic (exact) mass is 793 g/mol. The van der Waals surface area contributed by atoms with Crippen LogP contribution in [0.5, 0.6) is 0 Å². The minimum absolute atomic E-state index is 0. The Morgan fingerprint density at radius 3 is 2.33 bits per heavy atom. The van der Waals surface area contributed by atoms with Crippen molar-refractivity contribution in [2.45, 2.75) is 66.6 Å². The van der Waals surface area contributed by atoms with E-state index >= 15 is 0 Å². The van der Waals surface area contributed by atoms with Gasteiger partial charge in [-0.15, -0.1) is 54.1 Å². The SMILES string of the molecule is CC(C)(C)Cc1cc(-c2[c-]cccc2)ncc1[Si](C)(C)C.CC(C)c1ccnc(-c2[c-]ccc3c2oc2cccc(F)c23)c1.[Ir]. The van der Waals surface area contributed by atoms with E-state index in [0.29, 0.717) is 22.5 Å². The first-order chi connectivity index (χ1) is 20.8. The number of hydrogen-bond donors (Lipinski definition) is 0. The van der Waals surface area contributed by atoms with Gasteiger partial charge in [0.1, 0.15) is 11.4 Å². The Bertz CT molecular complexity index is 1900. The number of benzene rings is 3. The zero-order valence-electron chi connectivity index (χ0n) is 27.4. The number of fused-ring (bicyclic) bond motifs is 3. The minimum Gasteiger partial charge on any atom is -0.500 e. The molecule has 3 heterocycles. The van der Waals surface area contributed by atoms with Gasteiger partial charge >= 0.3 is 0 Å². The van der Waals surface area contributed by atoms with Crippen molar-refractivity contribution in [1.29, 1.82) is 0 Å².